The highest BCUT2D eigenvalue weighted by molar-refractivity contribution is 9.10. The normalized spacial score (nSPS) is 17.4. The summed E-state index contributed by atoms with van der Waals surface area (Å²) >= 11 is 9.24. The molecule has 92 valence electrons. The van der Waals surface area contributed by atoms with Gasteiger partial charge in [0.15, 0.2) is 0 Å². The summed E-state index contributed by atoms with van der Waals surface area (Å²) in [6, 6.07) is 5.11. The quantitative estimate of drug-likeness (QED) is 0.900. The van der Waals surface area contributed by atoms with Crippen LogP contribution in [0, 0.1) is 0 Å². The van der Waals surface area contributed by atoms with Crippen LogP contribution in [0.15, 0.2) is 22.7 Å². The van der Waals surface area contributed by atoms with Crippen LogP contribution in [0.5, 0.6) is 0 Å². The minimum atomic E-state index is -0.714. The van der Waals surface area contributed by atoms with Crippen LogP contribution in [0.4, 0.5) is 0 Å². The maximum absolute atomic E-state index is 11.9. The third-order valence-electron chi connectivity index (χ3n) is 3.04. The number of rotatable bonds is 3. The van der Waals surface area contributed by atoms with Crippen LogP contribution < -0.4 is 5.32 Å². The Morgan fingerprint density at radius 2 is 2.24 bits per heavy atom. The van der Waals surface area contributed by atoms with Gasteiger partial charge < -0.3 is 10.4 Å². The minimum absolute atomic E-state index is 0.253. The minimum Gasteiger partial charge on any atom is -0.388 e. The van der Waals surface area contributed by atoms with Crippen molar-refractivity contribution in [1.82, 2.24) is 5.32 Å². The lowest BCUT2D eigenvalue weighted by Crippen LogP contribution is -2.47. The van der Waals surface area contributed by atoms with E-state index in [0.717, 1.165) is 23.7 Å². The molecule has 0 bridgehead atoms. The second kappa shape index (κ2) is 4.96. The molecule has 17 heavy (non-hydrogen) atoms. The van der Waals surface area contributed by atoms with Gasteiger partial charge in [-0.3, -0.25) is 4.79 Å². The molecule has 1 aromatic rings. The van der Waals surface area contributed by atoms with Crippen LogP contribution in [-0.4, -0.2) is 23.2 Å². The van der Waals surface area contributed by atoms with Crippen molar-refractivity contribution in [3.8, 4) is 0 Å². The van der Waals surface area contributed by atoms with Crippen molar-refractivity contribution in [1.29, 1.82) is 0 Å². The van der Waals surface area contributed by atoms with E-state index < -0.39 is 5.60 Å². The Morgan fingerprint density at radius 1 is 1.53 bits per heavy atom. The van der Waals surface area contributed by atoms with E-state index in [0.29, 0.717) is 10.6 Å². The highest BCUT2D eigenvalue weighted by Crippen LogP contribution is 2.30. The van der Waals surface area contributed by atoms with Crippen molar-refractivity contribution in [2.24, 2.45) is 0 Å². The summed E-state index contributed by atoms with van der Waals surface area (Å²) in [5.74, 6) is -0.253. The first-order valence-electron chi connectivity index (χ1n) is 5.46. The molecule has 3 nitrogen and oxygen atoms in total. The van der Waals surface area contributed by atoms with Gasteiger partial charge in [-0.05, 0) is 37.5 Å². The molecule has 0 spiro atoms. The van der Waals surface area contributed by atoms with Crippen molar-refractivity contribution in [2.75, 3.05) is 6.54 Å². The molecule has 1 aliphatic rings. The number of benzene rings is 1. The van der Waals surface area contributed by atoms with E-state index in [9.17, 15) is 9.90 Å². The Kier molecular flexibility index (Phi) is 3.76. The van der Waals surface area contributed by atoms with Crippen LogP contribution >= 0.6 is 27.5 Å². The summed E-state index contributed by atoms with van der Waals surface area (Å²) in [5, 5.41) is 13.0. The molecule has 1 aliphatic carbocycles. The summed E-state index contributed by atoms with van der Waals surface area (Å²) in [7, 11) is 0. The van der Waals surface area contributed by atoms with E-state index in [1.807, 2.05) is 0 Å². The maximum atomic E-state index is 11.9. The fourth-order valence-electron chi connectivity index (χ4n) is 1.77. The van der Waals surface area contributed by atoms with Crippen molar-refractivity contribution >= 4 is 33.4 Å². The van der Waals surface area contributed by atoms with Crippen molar-refractivity contribution < 1.29 is 9.90 Å². The third kappa shape index (κ3) is 3.00. The smallest absolute Gasteiger partial charge is 0.252 e. The summed E-state index contributed by atoms with van der Waals surface area (Å²) in [6.07, 6.45) is 2.52. The molecule has 0 heterocycles. The van der Waals surface area contributed by atoms with Crippen molar-refractivity contribution in [3.05, 3.63) is 33.3 Å². The molecule has 0 saturated heterocycles. The standard InChI is InChI=1S/C12H13BrClNO2/c13-8-2-3-10(14)9(6-8)11(16)15-7-12(17)4-1-5-12/h2-3,6,17H,1,4-5,7H2,(H,15,16). The molecular weight excluding hydrogens is 305 g/mol. The molecule has 0 unspecified atom stereocenters. The second-order valence-corrected chi connectivity index (χ2v) is 5.71. The molecule has 0 atom stereocenters. The van der Waals surface area contributed by atoms with Gasteiger partial charge in [-0.1, -0.05) is 27.5 Å². The summed E-state index contributed by atoms with van der Waals surface area (Å²) in [5.41, 5.74) is -0.294. The Balaban J connectivity index is 2.01. The van der Waals surface area contributed by atoms with Crippen molar-refractivity contribution in [2.45, 2.75) is 24.9 Å². The van der Waals surface area contributed by atoms with E-state index in [1.165, 1.54) is 0 Å². The van der Waals surface area contributed by atoms with Crippen molar-refractivity contribution in [3.63, 3.8) is 0 Å². The van der Waals surface area contributed by atoms with Crippen LogP contribution in [0.3, 0.4) is 0 Å². The van der Waals surface area contributed by atoms with Gasteiger partial charge in [0.05, 0.1) is 16.2 Å². The number of carbonyl (C=O) groups is 1. The zero-order valence-electron chi connectivity index (χ0n) is 9.17. The Hall–Kier alpha value is -0.580. The van der Waals surface area contributed by atoms with Gasteiger partial charge in [0.1, 0.15) is 0 Å². The number of nitrogens with one attached hydrogen (secondary N) is 1. The number of aliphatic hydroxyl groups is 1. The SMILES string of the molecule is O=C(NCC1(O)CCC1)c1cc(Br)ccc1Cl. The zero-order chi connectivity index (χ0) is 12.5. The second-order valence-electron chi connectivity index (χ2n) is 4.38. The Morgan fingerprint density at radius 3 is 2.82 bits per heavy atom. The van der Waals surface area contributed by atoms with Gasteiger partial charge in [-0.15, -0.1) is 0 Å². The highest BCUT2D eigenvalue weighted by Gasteiger charge is 2.34. The first-order chi connectivity index (χ1) is 8.00. The van der Waals surface area contributed by atoms with Gasteiger partial charge >= 0.3 is 0 Å². The number of amides is 1. The van der Waals surface area contributed by atoms with E-state index >= 15 is 0 Å². The van der Waals surface area contributed by atoms with Gasteiger partial charge in [0, 0.05) is 11.0 Å². The first kappa shape index (κ1) is 12.9. The molecule has 5 heteroatoms. The van der Waals surface area contributed by atoms with Gasteiger partial charge in [-0.2, -0.15) is 0 Å². The molecule has 1 aromatic carbocycles. The molecule has 1 saturated carbocycles. The van der Waals surface area contributed by atoms with Gasteiger partial charge in [-0.25, -0.2) is 0 Å². The predicted molar refractivity (Wildman–Crippen MR) is 70.3 cm³/mol. The van der Waals surface area contributed by atoms with E-state index in [4.69, 9.17) is 11.6 Å². The number of carbonyl (C=O) groups excluding carboxylic acids is 1. The monoisotopic (exact) mass is 317 g/mol. The van der Waals surface area contributed by atoms with Crippen LogP contribution in [-0.2, 0) is 0 Å². The van der Waals surface area contributed by atoms with Crippen LogP contribution in [0.2, 0.25) is 5.02 Å². The molecule has 2 N–H and O–H groups in total. The van der Waals surface area contributed by atoms with Crippen LogP contribution in [0.25, 0.3) is 0 Å². The molecule has 0 aromatic heterocycles. The fraction of sp³-hybridized carbons (Fsp3) is 0.417. The fourth-order valence-corrected chi connectivity index (χ4v) is 2.34. The lowest BCUT2D eigenvalue weighted by molar-refractivity contribution is -0.0300. The topological polar surface area (TPSA) is 49.3 Å². The lowest BCUT2D eigenvalue weighted by Gasteiger charge is -2.36. The van der Waals surface area contributed by atoms with E-state index in [1.54, 1.807) is 18.2 Å². The molecular formula is C12H13BrClNO2. The first-order valence-corrected chi connectivity index (χ1v) is 6.63. The Labute approximate surface area is 113 Å². The van der Waals surface area contributed by atoms with E-state index in [2.05, 4.69) is 21.2 Å². The molecule has 2 rings (SSSR count). The highest BCUT2D eigenvalue weighted by atomic mass is 79.9. The molecule has 0 aliphatic heterocycles. The number of halogens is 2. The Bertz CT molecular complexity index is 446. The maximum Gasteiger partial charge on any atom is 0.252 e. The molecule has 1 amide bonds. The zero-order valence-corrected chi connectivity index (χ0v) is 11.5. The predicted octanol–water partition coefficient (Wildman–Crippen LogP) is 2.75. The van der Waals surface area contributed by atoms with E-state index in [-0.39, 0.29) is 12.5 Å². The summed E-state index contributed by atoms with van der Waals surface area (Å²) < 4.78 is 0.800. The summed E-state index contributed by atoms with van der Waals surface area (Å²) in [6.45, 7) is 0.286. The molecule has 1 fully saturated rings. The number of hydrogen-bond donors (Lipinski definition) is 2. The average molecular weight is 319 g/mol. The average Bonchev–Trinajstić information content (AvgIpc) is 2.26. The largest absolute Gasteiger partial charge is 0.388 e. The van der Waals surface area contributed by atoms with Gasteiger partial charge in [0.25, 0.3) is 5.91 Å². The third-order valence-corrected chi connectivity index (χ3v) is 3.86. The lowest BCUT2D eigenvalue weighted by atomic mass is 9.80. The molecule has 0 radical (unpaired) electrons. The van der Waals surface area contributed by atoms with Crippen LogP contribution in [0.1, 0.15) is 29.6 Å². The van der Waals surface area contributed by atoms with Gasteiger partial charge in [0.2, 0.25) is 0 Å². The summed E-state index contributed by atoms with van der Waals surface area (Å²) in [4.78, 5) is 11.9. The number of hydrogen-bond acceptors (Lipinski definition) is 2.